The summed E-state index contributed by atoms with van der Waals surface area (Å²) in [6.45, 7) is 3.56. The number of thiazole rings is 1. The molecule has 4 aromatic rings. The first kappa shape index (κ1) is 18.8. The van der Waals surface area contributed by atoms with E-state index in [0.29, 0.717) is 16.3 Å². The number of aromatic nitrogens is 1. The number of fused-ring (bicyclic) bond motifs is 1. The molecule has 0 saturated carbocycles. The lowest BCUT2D eigenvalue weighted by molar-refractivity contribution is -0.385. The Balaban J connectivity index is 1.86. The van der Waals surface area contributed by atoms with E-state index in [1.165, 1.54) is 23.5 Å². The van der Waals surface area contributed by atoms with Gasteiger partial charge in [-0.25, -0.2) is 4.98 Å². The van der Waals surface area contributed by atoms with Gasteiger partial charge in [0.1, 0.15) is 0 Å². The molecule has 0 aliphatic heterocycles. The molecule has 6 nitrogen and oxygen atoms in total. The molecule has 144 valence electrons. The smallest absolute Gasteiger partial charge is 0.268 e. The zero-order valence-electron chi connectivity index (χ0n) is 15.8. The number of carbonyl (C=O) groups excluding carboxylic acids is 1. The normalized spacial score (nSPS) is 10.8. The predicted molar refractivity (Wildman–Crippen MR) is 115 cm³/mol. The van der Waals surface area contributed by atoms with Gasteiger partial charge in [-0.3, -0.25) is 19.8 Å². The van der Waals surface area contributed by atoms with Crippen molar-refractivity contribution in [3.8, 4) is 0 Å². The van der Waals surface area contributed by atoms with Gasteiger partial charge in [0.15, 0.2) is 5.13 Å². The molecule has 0 unspecified atom stereocenters. The molecule has 4 rings (SSSR count). The zero-order chi connectivity index (χ0) is 20.5. The van der Waals surface area contributed by atoms with Gasteiger partial charge in [0.2, 0.25) is 0 Å². The molecular formula is C22H17N3O3S. The van der Waals surface area contributed by atoms with Crippen LogP contribution in [0, 0.1) is 24.0 Å². The summed E-state index contributed by atoms with van der Waals surface area (Å²) < 4.78 is 0.980. The van der Waals surface area contributed by atoms with Crippen LogP contribution in [-0.4, -0.2) is 15.8 Å². The molecule has 29 heavy (non-hydrogen) atoms. The third-order valence-electron chi connectivity index (χ3n) is 4.67. The number of aryl methyl sites for hydroxylation is 2. The molecule has 3 aromatic carbocycles. The number of hydrogen-bond acceptors (Lipinski definition) is 5. The van der Waals surface area contributed by atoms with Crippen LogP contribution in [-0.2, 0) is 0 Å². The monoisotopic (exact) mass is 403 g/mol. The van der Waals surface area contributed by atoms with E-state index in [2.05, 4.69) is 4.98 Å². The minimum Gasteiger partial charge on any atom is -0.268 e. The van der Waals surface area contributed by atoms with Crippen molar-refractivity contribution in [2.45, 2.75) is 13.8 Å². The van der Waals surface area contributed by atoms with Crippen LogP contribution in [0.15, 0.2) is 66.7 Å². The molecule has 1 heterocycles. The average molecular weight is 403 g/mol. The third kappa shape index (κ3) is 3.48. The van der Waals surface area contributed by atoms with Crippen molar-refractivity contribution in [3.63, 3.8) is 0 Å². The van der Waals surface area contributed by atoms with E-state index in [0.717, 1.165) is 21.5 Å². The van der Waals surface area contributed by atoms with E-state index >= 15 is 0 Å². The Morgan fingerprint density at radius 3 is 2.41 bits per heavy atom. The second kappa shape index (κ2) is 7.44. The van der Waals surface area contributed by atoms with E-state index < -0.39 is 4.92 Å². The molecule has 0 fully saturated rings. The SMILES string of the molecule is Cc1ccccc1N(C(=O)c1ccc([N+](=O)[O-])c(C)c1)c1nc2ccccc2s1. The van der Waals surface area contributed by atoms with Gasteiger partial charge in [-0.05, 0) is 49.7 Å². The molecule has 0 N–H and O–H groups in total. The summed E-state index contributed by atoms with van der Waals surface area (Å²) in [6.07, 6.45) is 0. The summed E-state index contributed by atoms with van der Waals surface area (Å²) in [7, 11) is 0. The first-order valence-corrected chi connectivity index (χ1v) is 9.78. The van der Waals surface area contributed by atoms with Gasteiger partial charge in [0, 0.05) is 17.2 Å². The van der Waals surface area contributed by atoms with Crippen LogP contribution in [0.4, 0.5) is 16.5 Å². The number of para-hydroxylation sites is 2. The summed E-state index contributed by atoms with van der Waals surface area (Å²) >= 11 is 1.43. The number of nitro groups is 1. The molecule has 0 aliphatic rings. The topological polar surface area (TPSA) is 76.3 Å². The van der Waals surface area contributed by atoms with E-state index in [1.807, 2.05) is 55.5 Å². The Bertz CT molecular complexity index is 1220. The lowest BCUT2D eigenvalue weighted by atomic mass is 10.1. The van der Waals surface area contributed by atoms with E-state index in [-0.39, 0.29) is 11.6 Å². The summed E-state index contributed by atoms with van der Waals surface area (Å²) in [5.74, 6) is -0.281. The fourth-order valence-electron chi connectivity index (χ4n) is 3.19. The van der Waals surface area contributed by atoms with Crippen molar-refractivity contribution >= 4 is 44.0 Å². The number of rotatable bonds is 4. The van der Waals surface area contributed by atoms with Crippen LogP contribution < -0.4 is 4.90 Å². The lowest BCUT2D eigenvalue weighted by Crippen LogP contribution is -2.26. The summed E-state index contributed by atoms with van der Waals surface area (Å²) in [4.78, 5) is 30.5. The fourth-order valence-corrected chi connectivity index (χ4v) is 4.17. The van der Waals surface area contributed by atoms with Gasteiger partial charge in [-0.2, -0.15) is 0 Å². The maximum atomic E-state index is 13.5. The number of benzene rings is 3. The summed E-state index contributed by atoms with van der Waals surface area (Å²) in [5, 5.41) is 11.7. The fraction of sp³-hybridized carbons (Fsp3) is 0.0909. The van der Waals surface area contributed by atoms with Crippen LogP contribution in [0.1, 0.15) is 21.5 Å². The number of nitrogens with zero attached hydrogens (tertiary/aromatic N) is 3. The molecule has 0 radical (unpaired) electrons. The average Bonchev–Trinajstić information content (AvgIpc) is 3.12. The van der Waals surface area contributed by atoms with Crippen LogP contribution in [0.2, 0.25) is 0 Å². The van der Waals surface area contributed by atoms with Crippen molar-refractivity contribution < 1.29 is 9.72 Å². The Labute approximate surface area is 171 Å². The molecule has 0 bridgehead atoms. The highest BCUT2D eigenvalue weighted by Crippen LogP contribution is 2.36. The van der Waals surface area contributed by atoms with E-state index in [4.69, 9.17) is 0 Å². The highest BCUT2D eigenvalue weighted by atomic mass is 32.1. The van der Waals surface area contributed by atoms with Crippen LogP contribution in [0.5, 0.6) is 0 Å². The molecule has 0 atom stereocenters. The van der Waals surface area contributed by atoms with Gasteiger partial charge >= 0.3 is 0 Å². The van der Waals surface area contributed by atoms with Gasteiger partial charge in [-0.1, -0.05) is 41.7 Å². The molecule has 1 amide bonds. The Morgan fingerprint density at radius 1 is 1.00 bits per heavy atom. The zero-order valence-corrected chi connectivity index (χ0v) is 16.6. The number of nitro benzene ring substituents is 1. The Hall–Kier alpha value is -3.58. The van der Waals surface area contributed by atoms with Crippen molar-refractivity contribution in [1.29, 1.82) is 0 Å². The molecule has 0 saturated heterocycles. The van der Waals surface area contributed by atoms with E-state index in [1.54, 1.807) is 17.9 Å². The maximum absolute atomic E-state index is 13.5. The second-order valence-corrected chi connectivity index (χ2v) is 7.66. The minimum atomic E-state index is -0.448. The quantitative estimate of drug-likeness (QED) is 0.319. The lowest BCUT2D eigenvalue weighted by Gasteiger charge is -2.22. The second-order valence-electron chi connectivity index (χ2n) is 6.65. The highest BCUT2D eigenvalue weighted by molar-refractivity contribution is 7.22. The first-order valence-electron chi connectivity index (χ1n) is 8.96. The van der Waals surface area contributed by atoms with Gasteiger partial charge in [0.05, 0.1) is 20.8 Å². The Morgan fingerprint density at radius 2 is 1.72 bits per heavy atom. The summed E-state index contributed by atoms with van der Waals surface area (Å²) in [6, 6.07) is 19.7. The molecule has 0 aliphatic carbocycles. The summed E-state index contributed by atoms with van der Waals surface area (Å²) in [5.41, 5.74) is 3.28. The largest absolute Gasteiger partial charge is 0.272 e. The molecule has 7 heteroatoms. The van der Waals surface area contributed by atoms with Crippen LogP contribution >= 0.6 is 11.3 Å². The Kier molecular flexibility index (Phi) is 4.82. The molecule has 0 spiro atoms. The van der Waals surface area contributed by atoms with Crippen LogP contribution in [0.25, 0.3) is 10.2 Å². The van der Waals surface area contributed by atoms with Gasteiger partial charge in [-0.15, -0.1) is 0 Å². The van der Waals surface area contributed by atoms with Crippen molar-refractivity contribution in [2.75, 3.05) is 4.90 Å². The van der Waals surface area contributed by atoms with Gasteiger partial charge < -0.3 is 0 Å². The molecule has 1 aromatic heterocycles. The predicted octanol–water partition coefficient (Wildman–Crippen LogP) is 5.80. The van der Waals surface area contributed by atoms with Gasteiger partial charge in [0.25, 0.3) is 11.6 Å². The number of carbonyl (C=O) groups is 1. The van der Waals surface area contributed by atoms with E-state index in [9.17, 15) is 14.9 Å². The van der Waals surface area contributed by atoms with Crippen molar-refractivity contribution in [3.05, 3.63) is 93.5 Å². The standard InChI is InChI=1S/C22H17N3O3S/c1-14-7-3-5-9-18(14)24(22-23-17-8-4-6-10-20(17)29-22)21(26)16-11-12-19(25(27)28)15(2)13-16/h3-13H,1-2H3. The third-order valence-corrected chi connectivity index (χ3v) is 5.70. The van der Waals surface area contributed by atoms with Crippen molar-refractivity contribution in [1.82, 2.24) is 4.98 Å². The number of anilines is 2. The highest BCUT2D eigenvalue weighted by Gasteiger charge is 2.25. The maximum Gasteiger partial charge on any atom is 0.272 e. The number of amides is 1. The van der Waals surface area contributed by atoms with Crippen molar-refractivity contribution in [2.24, 2.45) is 0 Å². The molecular weight excluding hydrogens is 386 g/mol. The first-order chi connectivity index (χ1) is 14.0. The van der Waals surface area contributed by atoms with Crippen LogP contribution in [0.3, 0.4) is 0 Å². The minimum absolute atomic E-state index is 0.0102. The number of hydrogen-bond donors (Lipinski definition) is 0.